The van der Waals surface area contributed by atoms with E-state index in [1.807, 2.05) is 12.1 Å². The van der Waals surface area contributed by atoms with E-state index in [9.17, 15) is 4.39 Å². The van der Waals surface area contributed by atoms with E-state index in [1.165, 1.54) is 6.07 Å². The lowest BCUT2D eigenvalue weighted by Crippen LogP contribution is -2.12. The van der Waals surface area contributed by atoms with Crippen LogP contribution in [0.2, 0.25) is 0 Å². The van der Waals surface area contributed by atoms with Crippen molar-refractivity contribution in [2.45, 2.75) is 6.61 Å². The summed E-state index contributed by atoms with van der Waals surface area (Å²) >= 11 is 10.2. The number of nitrogens with one attached hydrogen (secondary N) is 1. The lowest BCUT2D eigenvalue weighted by Gasteiger charge is -2.12. The minimum Gasteiger partial charge on any atom is -0.486 e. The van der Waals surface area contributed by atoms with Gasteiger partial charge in [-0.15, -0.1) is 0 Å². The molecule has 0 saturated carbocycles. The highest BCUT2D eigenvalue weighted by molar-refractivity contribution is 9.11. The first-order valence-corrected chi connectivity index (χ1v) is 8.16. The van der Waals surface area contributed by atoms with Crippen LogP contribution in [-0.4, -0.2) is 5.84 Å². The van der Waals surface area contributed by atoms with Crippen molar-refractivity contribution in [1.82, 2.24) is 0 Å². The number of halogens is 4. The SMILES string of the molecule is N=C(N)c1ccc(COc2c(Br)cc(Br)cc2Br)c(F)c1. The van der Waals surface area contributed by atoms with Gasteiger partial charge in [0.1, 0.15) is 24.0 Å². The predicted molar refractivity (Wildman–Crippen MR) is 91.3 cm³/mol. The molecule has 2 aromatic carbocycles. The number of benzene rings is 2. The largest absolute Gasteiger partial charge is 0.486 e. The molecule has 7 heteroatoms. The van der Waals surface area contributed by atoms with Gasteiger partial charge in [-0.25, -0.2) is 4.39 Å². The first-order valence-electron chi connectivity index (χ1n) is 5.78. The molecule has 0 radical (unpaired) electrons. The maximum atomic E-state index is 13.9. The zero-order valence-electron chi connectivity index (χ0n) is 10.6. The third-order valence-corrected chi connectivity index (χ3v) is 4.34. The number of nitrogen functional groups attached to an aromatic ring is 1. The summed E-state index contributed by atoms with van der Waals surface area (Å²) in [6.07, 6.45) is 0. The van der Waals surface area contributed by atoms with Crippen molar-refractivity contribution < 1.29 is 9.13 Å². The molecule has 0 aromatic heterocycles. The minimum atomic E-state index is -0.452. The van der Waals surface area contributed by atoms with Gasteiger partial charge < -0.3 is 10.5 Å². The van der Waals surface area contributed by atoms with Gasteiger partial charge in [-0.2, -0.15) is 0 Å². The van der Waals surface area contributed by atoms with Crippen molar-refractivity contribution in [3.8, 4) is 5.75 Å². The number of nitrogens with two attached hydrogens (primary N) is 1. The van der Waals surface area contributed by atoms with E-state index in [0.29, 0.717) is 16.9 Å². The molecular formula is C14H10Br3FN2O. The second-order valence-electron chi connectivity index (χ2n) is 4.21. The summed E-state index contributed by atoms with van der Waals surface area (Å²) in [5.41, 5.74) is 6.06. The Hall–Kier alpha value is -0.920. The lowest BCUT2D eigenvalue weighted by molar-refractivity contribution is 0.296. The Labute approximate surface area is 146 Å². The summed E-state index contributed by atoms with van der Waals surface area (Å²) in [6, 6.07) is 8.07. The van der Waals surface area contributed by atoms with E-state index in [2.05, 4.69) is 47.8 Å². The van der Waals surface area contributed by atoms with Crippen LogP contribution in [0.3, 0.4) is 0 Å². The Kier molecular flexibility index (Phi) is 5.40. The standard InChI is InChI=1S/C14H10Br3FN2O/c15-9-4-10(16)13(11(17)5-9)21-6-8-2-1-7(14(19)20)3-12(8)18/h1-5H,6H2,(H3,19,20). The Morgan fingerprint density at radius 2 is 1.76 bits per heavy atom. The van der Waals surface area contributed by atoms with Crippen LogP contribution in [0.1, 0.15) is 11.1 Å². The summed E-state index contributed by atoms with van der Waals surface area (Å²) in [4.78, 5) is 0. The highest BCUT2D eigenvalue weighted by atomic mass is 79.9. The van der Waals surface area contributed by atoms with Crippen LogP contribution in [0, 0.1) is 11.2 Å². The number of amidine groups is 1. The molecule has 0 atom stereocenters. The van der Waals surface area contributed by atoms with Gasteiger partial charge in [-0.3, -0.25) is 5.41 Å². The fraction of sp³-hybridized carbons (Fsp3) is 0.0714. The molecular weight excluding hydrogens is 471 g/mol. The molecule has 0 aliphatic heterocycles. The van der Waals surface area contributed by atoms with Crippen LogP contribution in [0.4, 0.5) is 4.39 Å². The molecule has 110 valence electrons. The maximum absolute atomic E-state index is 13.9. The monoisotopic (exact) mass is 478 g/mol. The third-order valence-electron chi connectivity index (χ3n) is 2.70. The molecule has 0 fully saturated rings. The van der Waals surface area contributed by atoms with E-state index in [1.54, 1.807) is 12.1 Å². The zero-order chi connectivity index (χ0) is 15.6. The quantitative estimate of drug-likeness (QED) is 0.479. The molecule has 0 aliphatic carbocycles. The Balaban J connectivity index is 2.19. The number of rotatable bonds is 4. The fourth-order valence-electron chi connectivity index (χ4n) is 1.65. The van der Waals surface area contributed by atoms with Gasteiger partial charge in [-0.05, 0) is 50.1 Å². The van der Waals surface area contributed by atoms with Gasteiger partial charge in [0.25, 0.3) is 0 Å². The van der Waals surface area contributed by atoms with Crippen molar-refractivity contribution >= 4 is 53.6 Å². The molecule has 3 nitrogen and oxygen atoms in total. The predicted octanol–water partition coefficient (Wildman–Crippen LogP) is 4.98. The Morgan fingerprint density at radius 1 is 1.14 bits per heavy atom. The van der Waals surface area contributed by atoms with Crippen LogP contribution in [0.25, 0.3) is 0 Å². The van der Waals surface area contributed by atoms with Crippen molar-refractivity contribution in [2.75, 3.05) is 0 Å². The van der Waals surface area contributed by atoms with Crippen molar-refractivity contribution in [3.05, 3.63) is 60.7 Å². The molecule has 0 aliphatic rings. The van der Waals surface area contributed by atoms with E-state index < -0.39 is 5.82 Å². The smallest absolute Gasteiger partial charge is 0.148 e. The topological polar surface area (TPSA) is 59.1 Å². The van der Waals surface area contributed by atoms with Crippen molar-refractivity contribution in [2.24, 2.45) is 5.73 Å². The van der Waals surface area contributed by atoms with Crippen LogP contribution in [-0.2, 0) is 6.61 Å². The van der Waals surface area contributed by atoms with Crippen LogP contribution < -0.4 is 10.5 Å². The molecule has 2 rings (SSSR count). The van der Waals surface area contributed by atoms with Gasteiger partial charge in [0.05, 0.1) is 8.95 Å². The first kappa shape index (κ1) is 16.5. The van der Waals surface area contributed by atoms with Crippen LogP contribution in [0.15, 0.2) is 43.7 Å². The van der Waals surface area contributed by atoms with Crippen LogP contribution in [0.5, 0.6) is 5.75 Å². The fourth-order valence-corrected chi connectivity index (χ4v) is 4.14. The Bertz CT molecular complexity index is 684. The summed E-state index contributed by atoms with van der Waals surface area (Å²) in [6.45, 7) is 0.0723. The number of hydrogen-bond acceptors (Lipinski definition) is 2. The molecule has 0 heterocycles. The molecule has 0 spiro atoms. The van der Waals surface area contributed by atoms with E-state index in [0.717, 1.165) is 13.4 Å². The maximum Gasteiger partial charge on any atom is 0.148 e. The minimum absolute atomic E-state index is 0.0723. The summed E-state index contributed by atoms with van der Waals surface area (Å²) in [7, 11) is 0. The molecule has 21 heavy (non-hydrogen) atoms. The summed E-state index contributed by atoms with van der Waals surface area (Å²) < 4.78 is 22.0. The number of hydrogen-bond donors (Lipinski definition) is 2. The normalized spacial score (nSPS) is 10.5. The van der Waals surface area contributed by atoms with E-state index >= 15 is 0 Å². The zero-order valence-corrected chi connectivity index (χ0v) is 15.3. The lowest BCUT2D eigenvalue weighted by atomic mass is 10.1. The van der Waals surface area contributed by atoms with Crippen molar-refractivity contribution in [1.29, 1.82) is 5.41 Å². The van der Waals surface area contributed by atoms with E-state index in [4.69, 9.17) is 15.9 Å². The van der Waals surface area contributed by atoms with Crippen LogP contribution >= 0.6 is 47.8 Å². The highest BCUT2D eigenvalue weighted by Crippen LogP contribution is 2.36. The van der Waals surface area contributed by atoms with Gasteiger partial charge in [0, 0.05) is 15.6 Å². The molecule has 0 unspecified atom stereocenters. The molecule has 2 aromatic rings. The Morgan fingerprint density at radius 3 is 2.29 bits per heavy atom. The first-order chi connectivity index (χ1) is 9.88. The van der Waals surface area contributed by atoms with Crippen molar-refractivity contribution in [3.63, 3.8) is 0 Å². The second-order valence-corrected chi connectivity index (χ2v) is 6.83. The highest BCUT2D eigenvalue weighted by Gasteiger charge is 2.11. The molecule has 3 N–H and O–H groups in total. The summed E-state index contributed by atoms with van der Waals surface area (Å²) in [5, 5.41) is 7.28. The average molecular weight is 481 g/mol. The molecule has 0 saturated heterocycles. The van der Waals surface area contributed by atoms with Gasteiger partial charge in [0.2, 0.25) is 0 Å². The van der Waals surface area contributed by atoms with Gasteiger partial charge >= 0.3 is 0 Å². The van der Waals surface area contributed by atoms with Gasteiger partial charge in [-0.1, -0.05) is 28.1 Å². The molecule has 0 bridgehead atoms. The molecule has 0 amide bonds. The average Bonchev–Trinajstić information content (AvgIpc) is 2.38. The summed E-state index contributed by atoms with van der Waals surface area (Å²) in [5.74, 6) is -0.0277. The van der Waals surface area contributed by atoms with Gasteiger partial charge in [0.15, 0.2) is 0 Å². The second kappa shape index (κ2) is 6.89. The third kappa shape index (κ3) is 4.05. The van der Waals surface area contributed by atoms with E-state index in [-0.39, 0.29) is 12.4 Å². The number of ether oxygens (including phenoxy) is 1.